The van der Waals surface area contributed by atoms with E-state index in [1.165, 1.54) is 11.1 Å². The smallest absolute Gasteiger partial charge is 0.0931 e. The van der Waals surface area contributed by atoms with Crippen LogP contribution in [0.5, 0.6) is 0 Å². The Morgan fingerprint density at radius 3 is 2.15 bits per heavy atom. The molecule has 0 saturated heterocycles. The predicted octanol–water partition coefficient (Wildman–Crippen LogP) is 6.10. The van der Waals surface area contributed by atoms with Gasteiger partial charge in [-0.25, -0.2) is 0 Å². The van der Waals surface area contributed by atoms with E-state index in [4.69, 9.17) is 23.2 Å². The third-order valence-corrected chi connectivity index (χ3v) is 4.77. The van der Waals surface area contributed by atoms with Crippen molar-refractivity contribution in [3.63, 3.8) is 0 Å². The van der Waals surface area contributed by atoms with Gasteiger partial charge in [0.2, 0.25) is 0 Å². The molecule has 0 radical (unpaired) electrons. The zero-order chi connectivity index (χ0) is 14.7. The van der Waals surface area contributed by atoms with Crippen molar-refractivity contribution in [3.8, 4) is 0 Å². The molecule has 1 aromatic heterocycles. The lowest BCUT2D eigenvalue weighted by molar-refractivity contribution is 0.375. The highest BCUT2D eigenvalue weighted by molar-refractivity contribution is 7.14. The fourth-order valence-corrected chi connectivity index (χ4v) is 3.37. The monoisotopic (exact) mass is 327 g/mol. The molecule has 4 heteroatoms. The second kappa shape index (κ2) is 6.95. The van der Waals surface area contributed by atoms with E-state index in [-0.39, 0.29) is 6.04 Å². The number of benzene rings is 1. The molecule has 2 unspecified atom stereocenters. The normalized spacial score (nSPS) is 14.5. The van der Waals surface area contributed by atoms with Gasteiger partial charge in [0, 0.05) is 17.1 Å². The van der Waals surface area contributed by atoms with Crippen molar-refractivity contribution in [2.24, 2.45) is 5.92 Å². The van der Waals surface area contributed by atoms with Crippen LogP contribution in [0.25, 0.3) is 0 Å². The average Bonchev–Trinajstić information content (AvgIpc) is 2.83. The van der Waals surface area contributed by atoms with E-state index < -0.39 is 0 Å². The first-order valence-corrected chi connectivity index (χ1v) is 8.36. The first kappa shape index (κ1) is 15.8. The van der Waals surface area contributed by atoms with E-state index in [1.807, 2.05) is 18.2 Å². The molecule has 1 N–H and O–H groups in total. The van der Waals surface area contributed by atoms with Crippen molar-refractivity contribution >= 4 is 34.5 Å². The molecule has 1 heterocycles. The number of thiophene rings is 1. The van der Waals surface area contributed by atoms with Gasteiger partial charge in [0.15, 0.2) is 0 Å². The topological polar surface area (TPSA) is 12.0 Å². The van der Waals surface area contributed by atoms with Crippen LogP contribution in [0, 0.1) is 5.92 Å². The average molecular weight is 328 g/mol. The lowest BCUT2D eigenvalue weighted by Crippen LogP contribution is -2.28. The van der Waals surface area contributed by atoms with Gasteiger partial charge in [-0.2, -0.15) is 0 Å². The summed E-state index contributed by atoms with van der Waals surface area (Å²) >= 11 is 13.6. The van der Waals surface area contributed by atoms with Crippen LogP contribution in [0.3, 0.4) is 0 Å². The Morgan fingerprint density at radius 2 is 1.65 bits per heavy atom. The minimum Gasteiger partial charge on any atom is -0.303 e. The summed E-state index contributed by atoms with van der Waals surface area (Å²) in [4.78, 5) is 0. The zero-order valence-corrected chi connectivity index (χ0v) is 14.2. The number of rotatable bonds is 5. The Balaban J connectivity index is 2.15. The molecule has 2 atom stereocenters. The van der Waals surface area contributed by atoms with Crippen LogP contribution in [0.1, 0.15) is 44.0 Å². The van der Waals surface area contributed by atoms with E-state index in [1.54, 1.807) is 11.3 Å². The molecule has 1 aromatic carbocycles. The summed E-state index contributed by atoms with van der Waals surface area (Å²) in [6.45, 7) is 6.61. The molecule has 0 fully saturated rings. The number of hydrogen-bond acceptors (Lipinski definition) is 2. The third-order valence-electron chi connectivity index (χ3n) is 3.41. The van der Waals surface area contributed by atoms with E-state index in [0.29, 0.717) is 12.0 Å². The van der Waals surface area contributed by atoms with Gasteiger partial charge in [-0.1, -0.05) is 49.2 Å². The molecule has 0 aliphatic heterocycles. The van der Waals surface area contributed by atoms with E-state index >= 15 is 0 Å². The van der Waals surface area contributed by atoms with Crippen molar-refractivity contribution < 1.29 is 0 Å². The first-order valence-electron chi connectivity index (χ1n) is 6.73. The zero-order valence-electron chi connectivity index (χ0n) is 11.9. The minimum absolute atomic E-state index is 0.266. The van der Waals surface area contributed by atoms with Gasteiger partial charge in [-0.15, -0.1) is 11.3 Å². The van der Waals surface area contributed by atoms with Crippen molar-refractivity contribution in [1.29, 1.82) is 0 Å². The molecular weight excluding hydrogens is 309 g/mol. The number of halogens is 2. The van der Waals surface area contributed by atoms with Gasteiger partial charge >= 0.3 is 0 Å². The molecule has 2 aromatic rings. The molecule has 0 amide bonds. The summed E-state index contributed by atoms with van der Waals surface area (Å²) in [5.74, 6) is 0.493. The molecule has 1 nitrogen and oxygen atoms in total. The Morgan fingerprint density at radius 1 is 1.00 bits per heavy atom. The van der Waals surface area contributed by atoms with Gasteiger partial charge in [0.05, 0.1) is 4.34 Å². The third kappa shape index (κ3) is 3.98. The Bertz CT molecular complexity index is 548. The summed E-state index contributed by atoms with van der Waals surface area (Å²) in [6, 6.07) is 10.7. The van der Waals surface area contributed by atoms with Crippen LogP contribution in [0.4, 0.5) is 0 Å². The molecule has 2 rings (SSSR count). The maximum Gasteiger partial charge on any atom is 0.0931 e. The van der Waals surface area contributed by atoms with Crippen molar-refractivity contribution in [3.05, 3.63) is 56.2 Å². The molecule has 0 aliphatic rings. The SMILES string of the molecule is CC(NC(c1ccc(Cl)cc1)C(C)C)c1csc(Cl)c1. The van der Waals surface area contributed by atoms with Gasteiger partial charge in [-0.05, 0) is 47.5 Å². The summed E-state index contributed by atoms with van der Waals surface area (Å²) in [5, 5.41) is 6.57. The molecule has 0 bridgehead atoms. The van der Waals surface area contributed by atoms with Crippen LogP contribution in [0.15, 0.2) is 35.7 Å². The van der Waals surface area contributed by atoms with Crippen molar-refractivity contribution in [1.82, 2.24) is 5.32 Å². The fraction of sp³-hybridized carbons (Fsp3) is 0.375. The van der Waals surface area contributed by atoms with Gasteiger partial charge in [-0.3, -0.25) is 0 Å². The van der Waals surface area contributed by atoms with E-state index in [0.717, 1.165) is 9.36 Å². The minimum atomic E-state index is 0.266. The summed E-state index contributed by atoms with van der Waals surface area (Å²) in [5.41, 5.74) is 2.50. The second-order valence-electron chi connectivity index (χ2n) is 5.35. The summed E-state index contributed by atoms with van der Waals surface area (Å²) in [6.07, 6.45) is 0. The molecule has 0 spiro atoms. The first-order chi connectivity index (χ1) is 9.47. The van der Waals surface area contributed by atoms with Crippen LogP contribution in [0.2, 0.25) is 9.36 Å². The molecule has 20 heavy (non-hydrogen) atoms. The Kier molecular flexibility index (Phi) is 5.50. The van der Waals surface area contributed by atoms with Crippen LogP contribution < -0.4 is 5.32 Å². The highest BCUT2D eigenvalue weighted by atomic mass is 35.5. The van der Waals surface area contributed by atoms with Crippen molar-refractivity contribution in [2.45, 2.75) is 32.9 Å². The Hall–Kier alpha value is -0.540. The largest absolute Gasteiger partial charge is 0.303 e. The van der Waals surface area contributed by atoms with E-state index in [9.17, 15) is 0 Å². The second-order valence-corrected chi connectivity index (χ2v) is 7.32. The van der Waals surface area contributed by atoms with E-state index in [2.05, 4.69) is 43.6 Å². The molecule has 0 saturated carbocycles. The standard InChI is InChI=1S/C16H19Cl2NS/c1-10(2)16(12-4-6-14(17)7-5-12)19-11(3)13-8-15(18)20-9-13/h4-11,16,19H,1-3H3. The summed E-state index contributed by atoms with van der Waals surface area (Å²) in [7, 11) is 0. The predicted molar refractivity (Wildman–Crippen MR) is 89.9 cm³/mol. The van der Waals surface area contributed by atoms with Gasteiger partial charge in [0.1, 0.15) is 0 Å². The van der Waals surface area contributed by atoms with Gasteiger partial charge in [0.25, 0.3) is 0 Å². The number of hydrogen-bond donors (Lipinski definition) is 1. The van der Waals surface area contributed by atoms with Crippen molar-refractivity contribution in [2.75, 3.05) is 0 Å². The summed E-state index contributed by atoms with van der Waals surface area (Å²) < 4.78 is 0.834. The fourth-order valence-electron chi connectivity index (χ4n) is 2.26. The maximum atomic E-state index is 6.01. The lowest BCUT2D eigenvalue weighted by atomic mass is 9.94. The van der Waals surface area contributed by atoms with Crippen LogP contribution >= 0.6 is 34.5 Å². The van der Waals surface area contributed by atoms with Crippen LogP contribution in [-0.4, -0.2) is 0 Å². The molecular formula is C16H19Cl2NS. The maximum absolute atomic E-state index is 6.01. The highest BCUT2D eigenvalue weighted by Gasteiger charge is 2.19. The van der Waals surface area contributed by atoms with Gasteiger partial charge < -0.3 is 5.32 Å². The molecule has 108 valence electrons. The number of nitrogens with one attached hydrogen (secondary N) is 1. The quantitative estimate of drug-likeness (QED) is 0.699. The highest BCUT2D eigenvalue weighted by Crippen LogP contribution is 2.29. The van der Waals surface area contributed by atoms with Crippen LogP contribution in [-0.2, 0) is 0 Å². The molecule has 0 aliphatic carbocycles. The lowest BCUT2D eigenvalue weighted by Gasteiger charge is -2.27. The Labute approximate surface area is 134 Å².